The van der Waals surface area contributed by atoms with Crippen LogP contribution in [0.5, 0.6) is 0 Å². The van der Waals surface area contributed by atoms with E-state index in [0.717, 1.165) is 0 Å². The highest BCUT2D eigenvalue weighted by atomic mass is 15.0. The van der Waals surface area contributed by atoms with Crippen LogP contribution in [0.3, 0.4) is 0 Å². The first-order valence-corrected chi connectivity index (χ1v) is 19.3. The third kappa shape index (κ3) is 4.10. The predicted molar refractivity (Wildman–Crippen MR) is 225 cm³/mol. The minimum Gasteiger partial charge on any atom is -0.309 e. The first-order valence-electron chi connectivity index (χ1n) is 19.3. The molecule has 2 heterocycles. The van der Waals surface area contributed by atoms with E-state index in [0.29, 0.717) is 0 Å². The van der Waals surface area contributed by atoms with Crippen LogP contribution in [0.1, 0.15) is 76.6 Å². The molecule has 0 saturated carbocycles. The lowest BCUT2D eigenvalue weighted by atomic mass is 9.63. The quantitative estimate of drug-likeness (QED) is 0.172. The van der Waals surface area contributed by atoms with Crippen molar-refractivity contribution in [2.45, 2.75) is 70.6 Å². The molecule has 11 rings (SSSR count). The lowest BCUT2D eigenvalue weighted by Crippen LogP contribution is -2.33. The maximum atomic E-state index is 2.57. The Kier molecular flexibility index (Phi) is 6.01. The Balaban J connectivity index is 1.31. The van der Waals surface area contributed by atoms with Gasteiger partial charge in [-0.1, -0.05) is 120 Å². The van der Waals surface area contributed by atoms with Gasteiger partial charge in [-0.15, -0.1) is 0 Å². The highest BCUT2D eigenvalue weighted by Crippen LogP contribution is 2.51. The van der Waals surface area contributed by atoms with Gasteiger partial charge in [0.1, 0.15) is 0 Å². The monoisotopic (exact) mass is 684 g/mol. The normalized spacial score (nSPS) is 16.8. The van der Waals surface area contributed by atoms with Crippen LogP contribution in [0.15, 0.2) is 133 Å². The fourth-order valence-electron chi connectivity index (χ4n) is 10.3. The van der Waals surface area contributed by atoms with Crippen molar-refractivity contribution in [3.63, 3.8) is 0 Å². The molecule has 7 aromatic carbocycles. The van der Waals surface area contributed by atoms with E-state index in [1.54, 1.807) is 0 Å². The molecule has 2 aliphatic rings. The van der Waals surface area contributed by atoms with Gasteiger partial charge >= 0.3 is 0 Å². The molecule has 0 amide bonds. The fraction of sp³-hybridized carbons (Fsp3) is 0.216. The number of rotatable bonds is 2. The molecule has 2 heteroatoms. The van der Waals surface area contributed by atoms with Crippen molar-refractivity contribution in [3.8, 4) is 22.5 Å². The topological polar surface area (TPSA) is 9.86 Å². The molecular formula is C51H44N2. The number of hydrogen-bond acceptors (Lipinski definition) is 0. The standard InChI is InChI=1S/C51H44N2/c1-49(2)24-25-50(3,4)43-29-45-38(28-42(43)49)37-27-39-47(30-46(37)52(45)32-15-8-7-9-16-32)53(44-23-20-31-14-10-11-17-34(31)48(39)44)33-21-22-41-36(26-33)35-18-12-13-19-40(35)51(41,5)6/h7-23,26-30H,24-25H2,1-6H3. The molecule has 0 atom stereocenters. The van der Waals surface area contributed by atoms with E-state index in [2.05, 4.69) is 184 Å². The summed E-state index contributed by atoms with van der Waals surface area (Å²) < 4.78 is 5.07. The molecule has 2 aromatic heterocycles. The van der Waals surface area contributed by atoms with Crippen molar-refractivity contribution in [1.29, 1.82) is 0 Å². The molecule has 0 fully saturated rings. The third-order valence-electron chi connectivity index (χ3n) is 13.4. The summed E-state index contributed by atoms with van der Waals surface area (Å²) >= 11 is 0. The van der Waals surface area contributed by atoms with Gasteiger partial charge in [0.15, 0.2) is 0 Å². The van der Waals surface area contributed by atoms with Crippen molar-refractivity contribution in [2.24, 2.45) is 0 Å². The molecule has 0 aliphatic heterocycles. The van der Waals surface area contributed by atoms with Crippen LogP contribution in [0.4, 0.5) is 0 Å². The van der Waals surface area contributed by atoms with Gasteiger partial charge in [0, 0.05) is 38.3 Å². The van der Waals surface area contributed by atoms with Gasteiger partial charge < -0.3 is 9.13 Å². The molecule has 2 aliphatic carbocycles. The van der Waals surface area contributed by atoms with Gasteiger partial charge in [0.05, 0.1) is 22.1 Å². The van der Waals surface area contributed by atoms with Crippen LogP contribution >= 0.6 is 0 Å². The summed E-state index contributed by atoms with van der Waals surface area (Å²) in [6.45, 7) is 14.5. The van der Waals surface area contributed by atoms with E-state index >= 15 is 0 Å². The zero-order valence-electron chi connectivity index (χ0n) is 31.5. The Morgan fingerprint density at radius 1 is 0.396 bits per heavy atom. The molecule has 9 aromatic rings. The Labute approximate surface area is 311 Å². The summed E-state index contributed by atoms with van der Waals surface area (Å²) in [5.41, 5.74) is 16.1. The second-order valence-electron chi connectivity index (χ2n) is 17.7. The van der Waals surface area contributed by atoms with E-state index in [9.17, 15) is 0 Å². The number of hydrogen-bond donors (Lipinski definition) is 0. The highest BCUT2D eigenvalue weighted by Gasteiger charge is 2.38. The van der Waals surface area contributed by atoms with Crippen LogP contribution in [0.25, 0.3) is 76.9 Å². The molecule has 0 unspecified atom stereocenters. The first kappa shape index (κ1) is 31.0. The average molecular weight is 685 g/mol. The molecule has 258 valence electrons. The van der Waals surface area contributed by atoms with E-state index in [1.807, 2.05) is 0 Å². The zero-order chi connectivity index (χ0) is 36.0. The minimum atomic E-state index is -0.0352. The van der Waals surface area contributed by atoms with Crippen molar-refractivity contribution in [2.75, 3.05) is 0 Å². The maximum Gasteiger partial charge on any atom is 0.0562 e. The number of fused-ring (bicyclic) bond motifs is 12. The Hall–Kier alpha value is -5.60. The zero-order valence-corrected chi connectivity index (χ0v) is 31.5. The van der Waals surface area contributed by atoms with Gasteiger partial charge in [0.25, 0.3) is 0 Å². The van der Waals surface area contributed by atoms with E-state index in [4.69, 9.17) is 0 Å². The summed E-state index contributed by atoms with van der Waals surface area (Å²) in [4.78, 5) is 0. The van der Waals surface area contributed by atoms with Crippen LogP contribution in [0.2, 0.25) is 0 Å². The maximum absolute atomic E-state index is 2.57. The van der Waals surface area contributed by atoms with Gasteiger partial charge in [-0.3, -0.25) is 0 Å². The van der Waals surface area contributed by atoms with Crippen molar-refractivity contribution < 1.29 is 0 Å². The Bertz CT molecular complexity index is 3020. The number of nitrogens with zero attached hydrogens (tertiary/aromatic N) is 2. The van der Waals surface area contributed by atoms with E-state index < -0.39 is 0 Å². The highest BCUT2D eigenvalue weighted by molar-refractivity contribution is 6.25. The Morgan fingerprint density at radius 3 is 1.83 bits per heavy atom. The molecule has 2 nitrogen and oxygen atoms in total. The lowest BCUT2D eigenvalue weighted by molar-refractivity contribution is 0.332. The second kappa shape index (κ2) is 10.3. The lowest BCUT2D eigenvalue weighted by Gasteiger charge is -2.42. The van der Waals surface area contributed by atoms with E-state index in [1.165, 1.54) is 112 Å². The largest absolute Gasteiger partial charge is 0.309 e. The smallest absolute Gasteiger partial charge is 0.0562 e. The molecule has 0 radical (unpaired) electrons. The SMILES string of the molecule is CC1(C)CCC(C)(C)c2cc3c(cc21)c1cc2c4c5ccccc5ccc4n(-c4ccc5c(c4)-c4ccccc4C5(C)C)c2cc1n3-c1ccccc1. The van der Waals surface area contributed by atoms with Crippen LogP contribution < -0.4 is 0 Å². The summed E-state index contributed by atoms with van der Waals surface area (Å²) in [6, 6.07) is 50.8. The van der Waals surface area contributed by atoms with Crippen molar-refractivity contribution >= 4 is 54.4 Å². The minimum absolute atomic E-state index is 0.0352. The van der Waals surface area contributed by atoms with Gasteiger partial charge in [-0.05, 0) is 122 Å². The van der Waals surface area contributed by atoms with Crippen LogP contribution in [-0.4, -0.2) is 9.13 Å². The average Bonchev–Trinajstić information content (AvgIpc) is 3.75. The molecule has 0 N–H and O–H groups in total. The molecular weight excluding hydrogens is 641 g/mol. The second-order valence-corrected chi connectivity index (χ2v) is 17.7. The third-order valence-corrected chi connectivity index (χ3v) is 13.4. The van der Waals surface area contributed by atoms with Gasteiger partial charge in [-0.2, -0.15) is 0 Å². The summed E-state index contributed by atoms with van der Waals surface area (Å²) in [5.74, 6) is 0. The number of benzene rings is 7. The Morgan fingerprint density at radius 2 is 1.02 bits per heavy atom. The fourth-order valence-corrected chi connectivity index (χ4v) is 10.3. The van der Waals surface area contributed by atoms with Gasteiger partial charge in [-0.25, -0.2) is 0 Å². The summed E-state index contributed by atoms with van der Waals surface area (Å²) in [5, 5.41) is 7.85. The first-order chi connectivity index (χ1) is 25.5. The molecule has 0 bridgehead atoms. The molecule has 53 heavy (non-hydrogen) atoms. The van der Waals surface area contributed by atoms with Crippen molar-refractivity contribution in [3.05, 3.63) is 156 Å². The van der Waals surface area contributed by atoms with Crippen molar-refractivity contribution in [1.82, 2.24) is 9.13 Å². The van der Waals surface area contributed by atoms with Crippen LogP contribution in [0, 0.1) is 0 Å². The number of aromatic nitrogens is 2. The van der Waals surface area contributed by atoms with Gasteiger partial charge in [0.2, 0.25) is 0 Å². The molecule has 0 saturated heterocycles. The summed E-state index contributed by atoms with van der Waals surface area (Å²) in [6.07, 6.45) is 2.39. The number of para-hydroxylation sites is 1. The predicted octanol–water partition coefficient (Wildman–Crippen LogP) is 13.7. The summed E-state index contributed by atoms with van der Waals surface area (Å²) in [7, 11) is 0. The molecule has 0 spiro atoms. The van der Waals surface area contributed by atoms with E-state index in [-0.39, 0.29) is 16.2 Å². The van der Waals surface area contributed by atoms with Crippen LogP contribution in [-0.2, 0) is 16.2 Å².